The van der Waals surface area contributed by atoms with Crippen LogP contribution in [-0.2, 0) is 11.2 Å². The standard InChI is InChI=1S/C28H22N2O4/c31-26(32)18-19-7-6-10-23(17-19)29-28(34)24-11-4-5-12-25(24)30-27(33)22-15-13-21(14-16-22)20-8-2-1-3-9-20/h1-17H,18H2,(H,29,34)(H,30,33)(H,31,32). The van der Waals surface area contributed by atoms with Crippen LogP contribution in [0.15, 0.2) is 103 Å². The van der Waals surface area contributed by atoms with Crippen molar-refractivity contribution in [3.8, 4) is 11.1 Å². The van der Waals surface area contributed by atoms with Gasteiger partial charge < -0.3 is 15.7 Å². The number of carboxylic acid groups (broad SMARTS) is 1. The number of aliphatic carboxylic acids is 1. The van der Waals surface area contributed by atoms with Crippen molar-refractivity contribution in [2.45, 2.75) is 6.42 Å². The van der Waals surface area contributed by atoms with E-state index in [0.717, 1.165) is 11.1 Å². The van der Waals surface area contributed by atoms with Gasteiger partial charge in [-0.25, -0.2) is 0 Å². The van der Waals surface area contributed by atoms with E-state index < -0.39 is 11.9 Å². The summed E-state index contributed by atoms with van der Waals surface area (Å²) >= 11 is 0. The summed E-state index contributed by atoms with van der Waals surface area (Å²) in [7, 11) is 0. The van der Waals surface area contributed by atoms with Crippen molar-refractivity contribution in [2.75, 3.05) is 10.6 Å². The van der Waals surface area contributed by atoms with Crippen molar-refractivity contribution >= 4 is 29.2 Å². The lowest BCUT2D eigenvalue weighted by Gasteiger charge is -2.12. The molecule has 0 unspecified atom stereocenters. The van der Waals surface area contributed by atoms with Gasteiger partial charge in [-0.05, 0) is 53.1 Å². The van der Waals surface area contributed by atoms with Gasteiger partial charge in [0.2, 0.25) is 0 Å². The number of carboxylic acids is 1. The Morgan fingerprint density at radius 2 is 1.32 bits per heavy atom. The number of para-hydroxylation sites is 1. The second-order valence-corrected chi connectivity index (χ2v) is 7.67. The zero-order valence-electron chi connectivity index (χ0n) is 18.2. The van der Waals surface area contributed by atoms with Crippen LogP contribution in [0.5, 0.6) is 0 Å². The molecule has 6 nitrogen and oxygen atoms in total. The van der Waals surface area contributed by atoms with Crippen LogP contribution in [0, 0.1) is 0 Å². The van der Waals surface area contributed by atoms with E-state index >= 15 is 0 Å². The SMILES string of the molecule is O=C(O)Cc1cccc(NC(=O)c2ccccc2NC(=O)c2ccc(-c3ccccc3)cc2)c1. The Bertz CT molecular complexity index is 1330. The number of carbonyl (C=O) groups is 3. The molecule has 4 rings (SSSR count). The average molecular weight is 450 g/mol. The molecule has 4 aromatic rings. The van der Waals surface area contributed by atoms with E-state index in [2.05, 4.69) is 10.6 Å². The molecule has 4 aromatic carbocycles. The van der Waals surface area contributed by atoms with Gasteiger partial charge in [0.25, 0.3) is 11.8 Å². The number of hydrogen-bond donors (Lipinski definition) is 3. The molecule has 0 aromatic heterocycles. The van der Waals surface area contributed by atoms with Crippen LogP contribution in [0.1, 0.15) is 26.3 Å². The minimum Gasteiger partial charge on any atom is -0.481 e. The summed E-state index contributed by atoms with van der Waals surface area (Å²) in [5.41, 5.74) is 4.24. The number of anilines is 2. The maximum atomic E-state index is 12.9. The fourth-order valence-electron chi connectivity index (χ4n) is 3.56. The molecule has 6 heteroatoms. The molecule has 2 amide bonds. The first-order chi connectivity index (χ1) is 16.5. The van der Waals surface area contributed by atoms with Gasteiger partial charge >= 0.3 is 5.97 Å². The summed E-state index contributed by atoms with van der Waals surface area (Å²) < 4.78 is 0. The van der Waals surface area contributed by atoms with Crippen molar-refractivity contribution in [3.05, 3.63) is 120 Å². The lowest BCUT2D eigenvalue weighted by molar-refractivity contribution is -0.136. The third kappa shape index (κ3) is 5.55. The molecule has 0 aliphatic carbocycles. The average Bonchev–Trinajstić information content (AvgIpc) is 2.85. The lowest BCUT2D eigenvalue weighted by atomic mass is 10.0. The smallest absolute Gasteiger partial charge is 0.307 e. The number of benzene rings is 4. The summed E-state index contributed by atoms with van der Waals surface area (Å²) in [4.78, 5) is 36.7. The maximum absolute atomic E-state index is 12.9. The molecule has 0 heterocycles. The normalized spacial score (nSPS) is 10.4. The minimum absolute atomic E-state index is 0.139. The fraction of sp³-hybridized carbons (Fsp3) is 0.0357. The van der Waals surface area contributed by atoms with E-state index in [4.69, 9.17) is 5.11 Å². The molecule has 168 valence electrons. The molecule has 34 heavy (non-hydrogen) atoms. The van der Waals surface area contributed by atoms with Crippen molar-refractivity contribution in [1.82, 2.24) is 0 Å². The number of nitrogens with one attached hydrogen (secondary N) is 2. The molecule has 0 atom stereocenters. The summed E-state index contributed by atoms with van der Waals surface area (Å²) in [5, 5.41) is 14.6. The monoisotopic (exact) mass is 450 g/mol. The molecule has 0 bridgehead atoms. The maximum Gasteiger partial charge on any atom is 0.307 e. The highest BCUT2D eigenvalue weighted by molar-refractivity contribution is 6.12. The predicted molar refractivity (Wildman–Crippen MR) is 132 cm³/mol. The third-order valence-electron chi connectivity index (χ3n) is 5.21. The molecule has 0 spiro atoms. The Balaban J connectivity index is 1.48. The van der Waals surface area contributed by atoms with Gasteiger partial charge in [-0.15, -0.1) is 0 Å². The van der Waals surface area contributed by atoms with Crippen molar-refractivity contribution in [2.24, 2.45) is 0 Å². The van der Waals surface area contributed by atoms with E-state index in [-0.39, 0.29) is 12.3 Å². The van der Waals surface area contributed by atoms with E-state index in [1.807, 2.05) is 42.5 Å². The molecular formula is C28H22N2O4. The summed E-state index contributed by atoms with van der Waals surface area (Å²) in [6.07, 6.45) is -0.139. The molecule has 0 fully saturated rings. The van der Waals surface area contributed by atoms with Crippen molar-refractivity contribution in [3.63, 3.8) is 0 Å². The Morgan fingerprint density at radius 1 is 0.647 bits per heavy atom. The molecule has 0 aliphatic heterocycles. The van der Waals surface area contributed by atoms with Crippen LogP contribution in [0.4, 0.5) is 11.4 Å². The quantitative estimate of drug-likeness (QED) is 0.347. The summed E-state index contributed by atoms with van der Waals surface area (Å²) in [5.74, 6) is -1.69. The number of hydrogen-bond acceptors (Lipinski definition) is 3. The van der Waals surface area contributed by atoms with Gasteiger partial charge in [0.05, 0.1) is 17.7 Å². The Hall–Kier alpha value is -4.71. The zero-order chi connectivity index (χ0) is 23.9. The van der Waals surface area contributed by atoms with Gasteiger partial charge in [0.1, 0.15) is 0 Å². The highest BCUT2D eigenvalue weighted by Crippen LogP contribution is 2.22. The lowest BCUT2D eigenvalue weighted by Crippen LogP contribution is -2.18. The molecule has 0 saturated carbocycles. The van der Waals surface area contributed by atoms with Gasteiger partial charge in [0.15, 0.2) is 0 Å². The highest BCUT2D eigenvalue weighted by Gasteiger charge is 2.15. The van der Waals surface area contributed by atoms with Crippen LogP contribution in [0.3, 0.4) is 0 Å². The minimum atomic E-state index is -0.951. The largest absolute Gasteiger partial charge is 0.481 e. The van der Waals surface area contributed by atoms with E-state index in [1.54, 1.807) is 60.7 Å². The second-order valence-electron chi connectivity index (χ2n) is 7.67. The van der Waals surface area contributed by atoms with Crippen LogP contribution >= 0.6 is 0 Å². The zero-order valence-corrected chi connectivity index (χ0v) is 18.2. The van der Waals surface area contributed by atoms with Crippen LogP contribution in [0.2, 0.25) is 0 Å². The second kappa shape index (κ2) is 10.3. The molecule has 0 saturated heterocycles. The Kier molecular flexibility index (Phi) is 6.79. The predicted octanol–water partition coefficient (Wildman–Crippen LogP) is 5.49. The van der Waals surface area contributed by atoms with Crippen LogP contribution < -0.4 is 10.6 Å². The summed E-state index contributed by atoms with van der Waals surface area (Å²) in [6.45, 7) is 0. The first kappa shape index (κ1) is 22.5. The topological polar surface area (TPSA) is 95.5 Å². The third-order valence-corrected chi connectivity index (χ3v) is 5.21. The Labute approximate surface area is 196 Å². The number of carbonyl (C=O) groups excluding carboxylic acids is 2. The van der Waals surface area contributed by atoms with E-state index in [1.165, 1.54) is 0 Å². The van der Waals surface area contributed by atoms with E-state index in [0.29, 0.717) is 28.1 Å². The Morgan fingerprint density at radius 3 is 2.06 bits per heavy atom. The fourth-order valence-corrected chi connectivity index (χ4v) is 3.56. The van der Waals surface area contributed by atoms with Crippen LogP contribution in [-0.4, -0.2) is 22.9 Å². The van der Waals surface area contributed by atoms with Crippen molar-refractivity contribution in [1.29, 1.82) is 0 Å². The van der Waals surface area contributed by atoms with Crippen LogP contribution in [0.25, 0.3) is 11.1 Å². The molecule has 0 radical (unpaired) electrons. The first-order valence-electron chi connectivity index (χ1n) is 10.7. The van der Waals surface area contributed by atoms with Gasteiger partial charge in [0, 0.05) is 11.3 Å². The number of rotatable bonds is 7. The molecule has 3 N–H and O–H groups in total. The van der Waals surface area contributed by atoms with Gasteiger partial charge in [-0.2, -0.15) is 0 Å². The van der Waals surface area contributed by atoms with Gasteiger partial charge in [-0.1, -0.05) is 66.7 Å². The summed E-state index contributed by atoms with van der Waals surface area (Å²) in [6, 6.07) is 30.5. The molecular weight excluding hydrogens is 428 g/mol. The van der Waals surface area contributed by atoms with E-state index in [9.17, 15) is 14.4 Å². The van der Waals surface area contributed by atoms with Gasteiger partial charge in [-0.3, -0.25) is 14.4 Å². The highest BCUT2D eigenvalue weighted by atomic mass is 16.4. The first-order valence-corrected chi connectivity index (χ1v) is 10.7. The molecule has 0 aliphatic rings. The van der Waals surface area contributed by atoms with Crippen molar-refractivity contribution < 1.29 is 19.5 Å². The number of amides is 2.